The first-order valence-corrected chi connectivity index (χ1v) is 10.4. The largest absolute Gasteiger partial charge is 0.383 e. The van der Waals surface area contributed by atoms with Gasteiger partial charge in [-0.05, 0) is 43.2 Å². The summed E-state index contributed by atoms with van der Waals surface area (Å²) in [5.41, 5.74) is 0.618. The average Bonchev–Trinajstić information content (AvgIpc) is 2.61. The van der Waals surface area contributed by atoms with Gasteiger partial charge in [0.15, 0.2) is 0 Å². The van der Waals surface area contributed by atoms with Gasteiger partial charge in [-0.1, -0.05) is 19.1 Å². The van der Waals surface area contributed by atoms with Crippen molar-refractivity contribution in [1.29, 1.82) is 0 Å². The number of carbonyl (C=O) groups excluding carboxylic acids is 1. The maximum Gasteiger partial charge on any atom is 0.322 e. The summed E-state index contributed by atoms with van der Waals surface area (Å²) in [6, 6.07) is 8.49. The third kappa shape index (κ3) is 6.19. The fourth-order valence-corrected chi connectivity index (χ4v) is 2.91. The molecule has 0 radical (unpaired) electrons. The predicted molar refractivity (Wildman–Crippen MR) is 103 cm³/mol. The van der Waals surface area contributed by atoms with Gasteiger partial charge in [0, 0.05) is 18.7 Å². The fraction of sp³-hybridized carbons (Fsp3) is 0.316. The molecule has 0 saturated carbocycles. The molecule has 9 heteroatoms. The highest BCUT2D eigenvalue weighted by atomic mass is 32.2. The van der Waals surface area contributed by atoms with Crippen LogP contribution in [0, 0.1) is 11.6 Å². The van der Waals surface area contributed by atoms with Gasteiger partial charge in [-0.25, -0.2) is 13.6 Å². The van der Waals surface area contributed by atoms with Crippen LogP contribution in [-0.4, -0.2) is 31.6 Å². The third-order valence-electron chi connectivity index (χ3n) is 4.08. The molecule has 6 nitrogen and oxygen atoms in total. The first-order chi connectivity index (χ1) is 13.1. The van der Waals surface area contributed by atoms with Crippen molar-refractivity contribution in [2.45, 2.75) is 32.9 Å². The van der Waals surface area contributed by atoms with Crippen LogP contribution in [0.2, 0.25) is 0 Å². The Bertz CT molecular complexity index is 933. The molecular weight excluding hydrogens is 390 g/mol. The number of anilines is 1. The monoisotopic (exact) mass is 412 g/mol. The molecule has 2 aromatic rings. The van der Waals surface area contributed by atoms with Gasteiger partial charge >= 0.3 is 16.1 Å². The van der Waals surface area contributed by atoms with Crippen molar-refractivity contribution in [3.05, 3.63) is 59.7 Å². The number of carbonyl (C=O) groups is 1. The minimum absolute atomic E-state index is 0.114. The van der Waals surface area contributed by atoms with E-state index in [1.165, 1.54) is 17.0 Å². The summed E-state index contributed by atoms with van der Waals surface area (Å²) in [4.78, 5) is 14.2. The van der Waals surface area contributed by atoms with Crippen LogP contribution in [0.5, 0.6) is 5.75 Å². The van der Waals surface area contributed by atoms with E-state index >= 15 is 0 Å². The van der Waals surface area contributed by atoms with Crippen LogP contribution in [0.3, 0.4) is 0 Å². The molecule has 1 N–H and O–H groups in total. The molecule has 152 valence electrons. The topological polar surface area (TPSA) is 75.7 Å². The minimum atomic E-state index is -3.62. The standard InChI is InChI=1S/C19H22F2N2O4S/c1-4-13(2)23(19(24)22-18-10-7-15(20)11-17(18)21)12-14-5-8-16(9-6-14)27-28(3,25)26/h5-11,13H,4,12H2,1-3H3,(H,22,24)/t13-/m1/s1. The van der Waals surface area contributed by atoms with E-state index in [4.69, 9.17) is 4.18 Å². The van der Waals surface area contributed by atoms with E-state index in [1.807, 2.05) is 13.8 Å². The van der Waals surface area contributed by atoms with Crippen molar-refractivity contribution in [2.24, 2.45) is 0 Å². The number of nitrogens with zero attached hydrogens (tertiary/aromatic N) is 1. The van der Waals surface area contributed by atoms with Crippen LogP contribution >= 0.6 is 0 Å². The highest BCUT2D eigenvalue weighted by molar-refractivity contribution is 7.86. The van der Waals surface area contributed by atoms with E-state index in [0.717, 1.165) is 24.0 Å². The molecule has 0 aliphatic heterocycles. The number of rotatable bonds is 7. The lowest BCUT2D eigenvalue weighted by Gasteiger charge is -2.29. The normalized spacial score (nSPS) is 12.3. The second-order valence-corrected chi connectivity index (χ2v) is 7.95. The Morgan fingerprint density at radius 1 is 1.18 bits per heavy atom. The molecule has 0 fully saturated rings. The molecule has 28 heavy (non-hydrogen) atoms. The molecule has 0 heterocycles. The van der Waals surface area contributed by atoms with E-state index in [0.29, 0.717) is 12.5 Å². The van der Waals surface area contributed by atoms with Gasteiger partial charge in [-0.15, -0.1) is 0 Å². The second kappa shape index (κ2) is 9.01. The zero-order valence-electron chi connectivity index (χ0n) is 15.8. The van der Waals surface area contributed by atoms with Crippen molar-refractivity contribution in [2.75, 3.05) is 11.6 Å². The van der Waals surface area contributed by atoms with Crippen molar-refractivity contribution in [3.63, 3.8) is 0 Å². The van der Waals surface area contributed by atoms with Crippen molar-refractivity contribution in [1.82, 2.24) is 4.90 Å². The summed E-state index contributed by atoms with van der Waals surface area (Å²) in [7, 11) is -3.62. The molecule has 0 aromatic heterocycles. The highest BCUT2D eigenvalue weighted by Crippen LogP contribution is 2.20. The molecular formula is C19H22F2N2O4S. The molecule has 0 saturated heterocycles. The van der Waals surface area contributed by atoms with Crippen LogP contribution in [0.4, 0.5) is 19.3 Å². The van der Waals surface area contributed by atoms with Crippen molar-refractivity contribution < 1.29 is 26.2 Å². The van der Waals surface area contributed by atoms with Crippen LogP contribution in [-0.2, 0) is 16.7 Å². The van der Waals surface area contributed by atoms with E-state index in [9.17, 15) is 22.0 Å². The number of amides is 2. The van der Waals surface area contributed by atoms with Gasteiger partial charge < -0.3 is 14.4 Å². The smallest absolute Gasteiger partial charge is 0.322 e. The van der Waals surface area contributed by atoms with Crippen LogP contribution in [0.1, 0.15) is 25.8 Å². The predicted octanol–water partition coefficient (Wildman–Crippen LogP) is 4.14. The summed E-state index contributed by atoms with van der Waals surface area (Å²) in [6.45, 7) is 3.97. The van der Waals surface area contributed by atoms with Crippen molar-refractivity contribution >= 4 is 21.8 Å². The van der Waals surface area contributed by atoms with Crippen LogP contribution < -0.4 is 9.50 Å². The Morgan fingerprint density at radius 3 is 2.36 bits per heavy atom. The SMILES string of the molecule is CC[C@@H](C)N(Cc1ccc(OS(C)(=O)=O)cc1)C(=O)Nc1ccc(F)cc1F. The zero-order chi connectivity index (χ0) is 20.9. The van der Waals surface area contributed by atoms with Crippen LogP contribution in [0.15, 0.2) is 42.5 Å². The Morgan fingerprint density at radius 2 is 1.82 bits per heavy atom. The van der Waals surface area contributed by atoms with Gasteiger partial charge in [0.1, 0.15) is 17.4 Å². The Labute approximate surface area is 163 Å². The molecule has 1 atom stereocenters. The summed E-state index contributed by atoms with van der Waals surface area (Å²) >= 11 is 0. The number of hydrogen-bond donors (Lipinski definition) is 1. The van der Waals surface area contributed by atoms with Gasteiger partial charge in [0.2, 0.25) is 0 Å². The quantitative estimate of drug-likeness (QED) is 0.694. The maximum atomic E-state index is 13.8. The number of nitrogens with one attached hydrogen (secondary N) is 1. The molecule has 0 spiro atoms. The molecule has 2 rings (SSSR count). The number of halogens is 2. The second-order valence-electron chi connectivity index (χ2n) is 6.37. The fourth-order valence-electron chi connectivity index (χ4n) is 2.45. The summed E-state index contributed by atoms with van der Waals surface area (Å²) < 4.78 is 54.0. The Hall–Kier alpha value is -2.68. The van der Waals surface area contributed by atoms with E-state index in [2.05, 4.69) is 5.32 Å². The lowest BCUT2D eigenvalue weighted by Crippen LogP contribution is -2.40. The molecule has 0 aliphatic rings. The zero-order valence-corrected chi connectivity index (χ0v) is 16.6. The first kappa shape index (κ1) is 21.6. The third-order valence-corrected chi connectivity index (χ3v) is 4.58. The van der Waals surface area contributed by atoms with Crippen molar-refractivity contribution in [3.8, 4) is 5.75 Å². The molecule has 0 unspecified atom stereocenters. The van der Waals surface area contributed by atoms with E-state index in [1.54, 1.807) is 12.1 Å². The molecule has 0 bridgehead atoms. The van der Waals surface area contributed by atoms with Crippen LogP contribution in [0.25, 0.3) is 0 Å². The van der Waals surface area contributed by atoms with Gasteiger partial charge in [0.05, 0.1) is 11.9 Å². The lowest BCUT2D eigenvalue weighted by atomic mass is 10.1. The highest BCUT2D eigenvalue weighted by Gasteiger charge is 2.21. The summed E-state index contributed by atoms with van der Waals surface area (Å²) in [6.07, 6.45) is 1.61. The number of benzene rings is 2. The minimum Gasteiger partial charge on any atom is -0.383 e. The summed E-state index contributed by atoms with van der Waals surface area (Å²) in [5, 5.41) is 2.46. The van der Waals surface area contributed by atoms with Gasteiger partial charge in [-0.2, -0.15) is 8.42 Å². The average molecular weight is 412 g/mol. The Balaban J connectivity index is 2.15. The number of hydrogen-bond acceptors (Lipinski definition) is 4. The molecule has 2 aromatic carbocycles. The molecule has 2 amide bonds. The van der Waals surface area contributed by atoms with Gasteiger partial charge in [0.25, 0.3) is 0 Å². The van der Waals surface area contributed by atoms with E-state index in [-0.39, 0.29) is 24.0 Å². The summed E-state index contributed by atoms with van der Waals surface area (Å²) in [5.74, 6) is -1.43. The Kier molecular flexibility index (Phi) is 6.95. The van der Waals surface area contributed by atoms with E-state index < -0.39 is 27.8 Å². The van der Waals surface area contributed by atoms with Gasteiger partial charge in [-0.3, -0.25) is 0 Å². The first-order valence-electron chi connectivity index (χ1n) is 8.60. The maximum absolute atomic E-state index is 13.8. The number of urea groups is 1. The molecule has 0 aliphatic carbocycles. The lowest BCUT2D eigenvalue weighted by molar-refractivity contribution is 0.187.